The van der Waals surface area contributed by atoms with Crippen molar-refractivity contribution in [2.24, 2.45) is 0 Å². The van der Waals surface area contributed by atoms with Gasteiger partial charge >= 0.3 is 0 Å². The van der Waals surface area contributed by atoms with Gasteiger partial charge in [0, 0.05) is 25.9 Å². The fourth-order valence-corrected chi connectivity index (χ4v) is 4.09. The van der Waals surface area contributed by atoms with Gasteiger partial charge in [-0.25, -0.2) is 8.42 Å². The minimum Gasteiger partial charge on any atom is -0.370 e. The number of nitrogens with zero attached hydrogens (tertiary/aromatic N) is 1. The molecule has 0 aliphatic carbocycles. The number of benzene rings is 1. The van der Waals surface area contributed by atoms with Gasteiger partial charge in [-0.1, -0.05) is 23.8 Å². The third-order valence-electron chi connectivity index (χ3n) is 4.86. The lowest BCUT2D eigenvalue weighted by molar-refractivity contribution is -0.0577. The summed E-state index contributed by atoms with van der Waals surface area (Å²) in [6.45, 7) is 5.92. The van der Waals surface area contributed by atoms with Crippen LogP contribution in [0.2, 0.25) is 0 Å². The average molecular weight is 335 g/mol. The summed E-state index contributed by atoms with van der Waals surface area (Å²) in [7, 11) is -3.11. The van der Waals surface area contributed by atoms with Gasteiger partial charge in [0.25, 0.3) is 0 Å². The Labute approximate surface area is 139 Å². The Balaban J connectivity index is 1.60. The van der Waals surface area contributed by atoms with Crippen molar-refractivity contribution >= 4 is 9.84 Å². The van der Waals surface area contributed by atoms with Crippen molar-refractivity contribution in [1.29, 1.82) is 0 Å². The molecule has 1 spiro atoms. The molecule has 0 N–H and O–H groups in total. The Hall–Kier alpha value is -1.17. The lowest BCUT2D eigenvalue weighted by Crippen LogP contribution is -2.46. The first kappa shape index (κ1) is 16.7. The minimum atomic E-state index is -3.11. The Kier molecular flexibility index (Phi) is 4.63. The number of hydrogen-bond donors (Lipinski definition) is 0. The normalized spacial score (nSPS) is 22.1. The Morgan fingerprint density at radius 3 is 2.39 bits per heavy atom. The van der Waals surface area contributed by atoms with Gasteiger partial charge in [-0.2, -0.15) is 0 Å². The zero-order valence-corrected chi connectivity index (χ0v) is 14.7. The van der Waals surface area contributed by atoms with Crippen LogP contribution in [-0.2, 0) is 21.1 Å². The summed E-state index contributed by atoms with van der Waals surface area (Å²) in [4.78, 5) is 2.80. The van der Waals surface area contributed by atoms with Gasteiger partial charge in [-0.15, -0.1) is 0 Å². The van der Waals surface area contributed by atoms with E-state index in [2.05, 4.69) is 17.9 Å². The molecule has 1 aromatic rings. The number of ether oxygens (including phenoxy) is 1. The Morgan fingerprint density at radius 1 is 1.17 bits per heavy atom. The highest BCUT2D eigenvalue weighted by Gasteiger charge is 2.35. The molecule has 0 amide bonds. The van der Waals surface area contributed by atoms with Gasteiger partial charge in [0.15, 0.2) is 9.84 Å². The van der Waals surface area contributed by atoms with Crippen molar-refractivity contribution in [2.45, 2.75) is 43.2 Å². The van der Waals surface area contributed by atoms with E-state index in [1.165, 1.54) is 11.8 Å². The summed E-state index contributed by atoms with van der Waals surface area (Å²) in [5.41, 5.74) is 2.56. The lowest BCUT2D eigenvalue weighted by atomic mass is 9.87. The van der Waals surface area contributed by atoms with Crippen LogP contribution in [0, 0.1) is 0 Å². The summed E-state index contributed by atoms with van der Waals surface area (Å²) >= 11 is 0. The number of hydrogen-bond acceptors (Lipinski definition) is 4. The van der Waals surface area contributed by atoms with Crippen molar-refractivity contribution < 1.29 is 13.2 Å². The minimum absolute atomic E-state index is 0.0427. The summed E-state index contributed by atoms with van der Waals surface area (Å²) in [6.07, 6.45) is 6.69. The topological polar surface area (TPSA) is 46.6 Å². The third kappa shape index (κ3) is 4.03. The quantitative estimate of drug-likeness (QED) is 0.797. The first-order valence-electron chi connectivity index (χ1n) is 8.20. The predicted octanol–water partition coefficient (Wildman–Crippen LogP) is 2.79. The van der Waals surface area contributed by atoms with Gasteiger partial charge in [-0.3, -0.25) is 4.90 Å². The first-order chi connectivity index (χ1) is 10.9. The monoisotopic (exact) mass is 335 g/mol. The Morgan fingerprint density at radius 2 is 1.83 bits per heavy atom. The van der Waals surface area contributed by atoms with Crippen LogP contribution in [0.15, 0.2) is 40.8 Å². The van der Waals surface area contributed by atoms with E-state index in [9.17, 15) is 8.42 Å². The van der Waals surface area contributed by atoms with Crippen LogP contribution in [-0.4, -0.2) is 44.9 Å². The standard InChI is InChI=1S/C18H25NO3S/c1-15-7-12-22-18(13-15)8-10-19(11-9-18)14-16-3-5-17(6-4-16)23(2,20)21/h3-6,13H,7-12,14H2,1-2H3. The third-order valence-corrected chi connectivity index (χ3v) is 5.98. The Bertz CT molecular complexity index is 683. The van der Waals surface area contributed by atoms with Crippen LogP contribution in [0.1, 0.15) is 31.7 Å². The molecule has 1 aromatic carbocycles. The van der Waals surface area contributed by atoms with Crippen molar-refractivity contribution in [2.75, 3.05) is 26.0 Å². The zero-order valence-electron chi connectivity index (χ0n) is 13.9. The van der Waals surface area contributed by atoms with Crippen LogP contribution in [0.4, 0.5) is 0 Å². The highest BCUT2D eigenvalue weighted by atomic mass is 32.2. The van der Waals surface area contributed by atoms with Crippen LogP contribution >= 0.6 is 0 Å². The number of rotatable bonds is 3. The highest BCUT2D eigenvalue weighted by Crippen LogP contribution is 2.33. The maximum Gasteiger partial charge on any atom is 0.175 e. The van der Waals surface area contributed by atoms with E-state index in [4.69, 9.17) is 4.74 Å². The molecule has 0 aromatic heterocycles. The SMILES string of the molecule is CC1=CC2(CCN(Cc3ccc(S(C)(=O)=O)cc3)CC2)OCC1. The van der Waals surface area contributed by atoms with E-state index < -0.39 is 9.84 Å². The summed E-state index contributed by atoms with van der Waals surface area (Å²) in [5.74, 6) is 0. The summed E-state index contributed by atoms with van der Waals surface area (Å²) < 4.78 is 29.1. The molecule has 0 saturated carbocycles. The molecule has 0 atom stereocenters. The second-order valence-electron chi connectivity index (χ2n) is 6.85. The van der Waals surface area contributed by atoms with Crippen molar-refractivity contribution in [1.82, 2.24) is 4.90 Å². The fourth-order valence-electron chi connectivity index (χ4n) is 3.46. The zero-order chi connectivity index (χ0) is 16.5. The molecule has 4 nitrogen and oxygen atoms in total. The molecule has 5 heteroatoms. The molecule has 3 rings (SSSR count). The van der Waals surface area contributed by atoms with Gasteiger partial charge in [0.2, 0.25) is 0 Å². The molecule has 1 fully saturated rings. The second kappa shape index (κ2) is 6.38. The largest absolute Gasteiger partial charge is 0.370 e. The number of sulfone groups is 1. The van der Waals surface area contributed by atoms with Crippen molar-refractivity contribution in [3.8, 4) is 0 Å². The van der Waals surface area contributed by atoms with Crippen molar-refractivity contribution in [3.05, 3.63) is 41.5 Å². The van der Waals surface area contributed by atoms with Crippen LogP contribution in [0.25, 0.3) is 0 Å². The number of likely N-dealkylation sites (tertiary alicyclic amines) is 1. The molecule has 23 heavy (non-hydrogen) atoms. The molecule has 0 bridgehead atoms. The maximum absolute atomic E-state index is 11.5. The van der Waals surface area contributed by atoms with E-state index in [1.54, 1.807) is 12.1 Å². The van der Waals surface area contributed by atoms with Gasteiger partial charge in [-0.05, 0) is 43.9 Å². The molecular formula is C18H25NO3S. The molecule has 0 unspecified atom stereocenters. The molecule has 1 saturated heterocycles. The van der Waals surface area contributed by atoms with Crippen LogP contribution < -0.4 is 0 Å². The van der Waals surface area contributed by atoms with Crippen LogP contribution in [0.3, 0.4) is 0 Å². The molecule has 2 aliphatic rings. The predicted molar refractivity (Wildman–Crippen MR) is 91.1 cm³/mol. The highest BCUT2D eigenvalue weighted by molar-refractivity contribution is 7.90. The molecule has 2 heterocycles. The molecule has 126 valence electrons. The summed E-state index contributed by atoms with van der Waals surface area (Å²) in [5, 5.41) is 0. The smallest absolute Gasteiger partial charge is 0.175 e. The molecule has 0 radical (unpaired) electrons. The number of piperidine rings is 1. The second-order valence-corrected chi connectivity index (χ2v) is 8.86. The maximum atomic E-state index is 11.5. The van der Waals surface area contributed by atoms with E-state index in [0.717, 1.165) is 51.1 Å². The molecule has 2 aliphatic heterocycles. The first-order valence-corrected chi connectivity index (χ1v) is 10.1. The van der Waals surface area contributed by atoms with Gasteiger partial charge < -0.3 is 4.74 Å². The molecular weight excluding hydrogens is 310 g/mol. The average Bonchev–Trinajstić information content (AvgIpc) is 2.49. The van der Waals surface area contributed by atoms with E-state index in [1.807, 2.05) is 12.1 Å². The summed E-state index contributed by atoms with van der Waals surface area (Å²) in [6, 6.07) is 7.24. The van der Waals surface area contributed by atoms with E-state index >= 15 is 0 Å². The van der Waals surface area contributed by atoms with E-state index in [0.29, 0.717) is 4.90 Å². The van der Waals surface area contributed by atoms with E-state index in [-0.39, 0.29) is 5.60 Å². The van der Waals surface area contributed by atoms with Crippen LogP contribution in [0.5, 0.6) is 0 Å². The fraction of sp³-hybridized carbons (Fsp3) is 0.556. The lowest BCUT2D eigenvalue weighted by Gasteiger charge is -2.42. The van der Waals surface area contributed by atoms with Crippen molar-refractivity contribution in [3.63, 3.8) is 0 Å². The van der Waals surface area contributed by atoms with Gasteiger partial charge in [0.05, 0.1) is 17.1 Å². The van der Waals surface area contributed by atoms with Gasteiger partial charge in [0.1, 0.15) is 0 Å².